The Hall–Kier alpha value is -3.20. The third-order valence-corrected chi connectivity index (χ3v) is 7.82. The molecule has 0 spiro atoms. The number of esters is 1. The van der Waals surface area contributed by atoms with Gasteiger partial charge >= 0.3 is 5.97 Å². The second-order valence-electron chi connectivity index (χ2n) is 8.47. The molecule has 1 amide bonds. The normalized spacial score (nSPS) is 11.4. The summed E-state index contributed by atoms with van der Waals surface area (Å²) in [5.74, 6) is -0.974. The molecule has 7 nitrogen and oxygen atoms in total. The largest absolute Gasteiger partial charge is 0.462 e. The van der Waals surface area contributed by atoms with Gasteiger partial charge in [0, 0.05) is 17.3 Å². The van der Waals surface area contributed by atoms with Crippen LogP contribution in [0.2, 0.25) is 5.02 Å². The minimum atomic E-state index is -4.02. The average Bonchev–Trinajstić information content (AvgIpc) is 2.79. The van der Waals surface area contributed by atoms with Gasteiger partial charge in [-0.2, -0.15) is 4.31 Å². The minimum absolute atomic E-state index is 0.0124. The lowest BCUT2D eigenvalue weighted by atomic mass is 10.1. The van der Waals surface area contributed by atoms with Crippen LogP contribution >= 0.6 is 11.6 Å². The zero-order valence-corrected chi connectivity index (χ0v) is 22.2. The average molecular weight is 529 g/mol. The van der Waals surface area contributed by atoms with Crippen molar-refractivity contribution in [1.82, 2.24) is 4.31 Å². The van der Waals surface area contributed by atoms with Gasteiger partial charge in [0.25, 0.3) is 0 Å². The molecule has 0 aromatic heterocycles. The number of ether oxygens (including phenoxy) is 1. The van der Waals surface area contributed by atoms with Crippen LogP contribution in [0.1, 0.15) is 39.5 Å². The molecule has 9 heteroatoms. The van der Waals surface area contributed by atoms with Gasteiger partial charge in [0.2, 0.25) is 15.9 Å². The van der Waals surface area contributed by atoms with Gasteiger partial charge < -0.3 is 10.1 Å². The highest BCUT2D eigenvalue weighted by molar-refractivity contribution is 7.89. The number of nitrogens with zero attached hydrogens (tertiary/aromatic N) is 1. The van der Waals surface area contributed by atoms with Crippen LogP contribution in [0.4, 0.5) is 5.69 Å². The Kier molecular flexibility index (Phi) is 8.89. The van der Waals surface area contributed by atoms with Crippen LogP contribution in [-0.2, 0) is 26.1 Å². The van der Waals surface area contributed by atoms with Gasteiger partial charge in [-0.1, -0.05) is 41.4 Å². The summed E-state index contributed by atoms with van der Waals surface area (Å²) >= 11 is 5.99. The van der Waals surface area contributed by atoms with Crippen molar-refractivity contribution in [3.63, 3.8) is 0 Å². The summed E-state index contributed by atoms with van der Waals surface area (Å²) in [5, 5.41) is 3.24. The summed E-state index contributed by atoms with van der Waals surface area (Å²) in [6.07, 6.45) is 0. The monoisotopic (exact) mass is 528 g/mol. The maximum absolute atomic E-state index is 13.8. The predicted octanol–water partition coefficient (Wildman–Crippen LogP) is 5.27. The maximum Gasteiger partial charge on any atom is 0.338 e. The summed E-state index contributed by atoms with van der Waals surface area (Å²) in [6, 6.07) is 16.6. The van der Waals surface area contributed by atoms with E-state index in [1.807, 2.05) is 19.1 Å². The van der Waals surface area contributed by atoms with Gasteiger partial charge in [-0.15, -0.1) is 0 Å². The van der Waals surface area contributed by atoms with E-state index in [4.69, 9.17) is 16.3 Å². The molecule has 0 radical (unpaired) electrons. The van der Waals surface area contributed by atoms with Crippen LogP contribution in [-0.4, -0.2) is 37.8 Å². The SMILES string of the molecule is CCOC(=O)c1ccc(NC(=O)CN(Cc2ccc(Cl)cc2)S(=O)(=O)c2c(C)cc(C)cc2C)cc1. The second kappa shape index (κ2) is 11.7. The number of hydrogen-bond donors (Lipinski definition) is 1. The number of amides is 1. The van der Waals surface area contributed by atoms with Crippen molar-refractivity contribution in [3.05, 3.63) is 93.5 Å². The van der Waals surface area contributed by atoms with E-state index in [2.05, 4.69) is 5.32 Å². The molecule has 1 N–H and O–H groups in total. The highest BCUT2D eigenvalue weighted by Gasteiger charge is 2.30. The number of benzene rings is 3. The van der Waals surface area contributed by atoms with Crippen LogP contribution in [0.25, 0.3) is 0 Å². The Balaban J connectivity index is 1.88. The van der Waals surface area contributed by atoms with E-state index in [-0.39, 0.29) is 18.0 Å². The molecule has 0 atom stereocenters. The number of carbonyl (C=O) groups is 2. The lowest BCUT2D eigenvalue weighted by Crippen LogP contribution is -2.38. The van der Waals surface area contributed by atoms with Gasteiger partial charge in [-0.05, 0) is 80.8 Å². The number of halogens is 1. The molecule has 0 heterocycles. The summed E-state index contributed by atoms with van der Waals surface area (Å²) in [7, 11) is -4.02. The Labute approximate surface area is 217 Å². The Morgan fingerprint density at radius 1 is 0.944 bits per heavy atom. The van der Waals surface area contributed by atoms with E-state index in [1.165, 1.54) is 12.1 Å². The summed E-state index contributed by atoms with van der Waals surface area (Å²) in [4.78, 5) is 25.0. The van der Waals surface area contributed by atoms with Crippen LogP contribution in [0, 0.1) is 20.8 Å². The van der Waals surface area contributed by atoms with Crippen LogP contribution in [0.15, 0.2) is 65.6 Å². The highest BCUT2D eigenvalue weighted by atomic mass is 35.5. The summed E-state index contributed by atoms with van der Waals surface area (Å²) in [6.45, 7) is 6.96. The molecule has 190 valence electrons. The van der Waals surface area contributed by atoms with Crippen molar-refractivity contribution in [2.24, 2.45) is 0 Å². The van der Waals surface area contributed by atoms with Crippen LogP contribution < -0.4 is 5.32 Å². The number of aryl methyl sites for hydroxylation is 3. The molecular formula is C27H29ClN2O5S. The quantitative estimate of drug-likeness (QED) is 0.382. The molecule has 36 heavy (non-hydrogen) atoms. The molecule has 0 aliphatic rings. The fourth-order valence-electron chi connectivity index (χ4n) is 3.99. The zero-order valence-electron chi connectivity index (χ0n) is 20.7. The van der Waals surface area contributed by atoms with Crippen molar-refractivity contribution in [1.29, 1.82) is 0 Å². The maximum atomic E-state index is 13.8. The first-order valence-corrected chi connectivity index (χ1v) is 13.2. The molecular weight excluding hydrogens is 500 g/mol. The molecule has 0 saturated heterocycles. The van der Waals surface area contributed by atoms with E-state index in [9.17, 15) is 18.0 Å². The Morgan fingerprint density at radius 3 is 2.08 bits per heavy atom. The van der Waals surface area contributed by atoms with Gasteiger partial charge in [0.1, 0.15) is 0 Å². The number of hydrogen-bond acceptors (Lipinski definition) is 5. The molecule has 0 saturated carbocycles. The van der Waals surface area contributed by atoms with Gasteiger partial charge in [-0.25, -0.2) is 13.2 Å². The summed E-state index contributed by atoms with van der Waals surface area (Å²) in [5.41, 5.74) is 3.66. The lowest BCUT2D eigenvalue weighted by Gasteiger charge is -2.24. The molecule has 0 aliphatic heterocycles. The standard InChI is InChI=1S/C27H29ClN2O5S/c1-5-35-27(32)22-8-12-24(13-9-22)29-25(31)17-30(16-21-6-10-23(28)11-7-21)36(33,34)26-19(3)14-18(2)15-20(26)4/h6-15H,5,16-17H2,1-4H3,(H,29,31). The Morgan fingerprint density at radius 2 is 1.53 bits per heavy atom. The minimum Gasteiger partial charge on any atom is -0.462 e. The van der Waals surface area contributed by atoms with Gasteiger partial charge in [0.15, 0.2) is 0 Å². The second-order valence-corrected chi connectivity index (χ2v) is 10.8. The first kappa shape index (κ1) is 27.4. The fourth-order valence-corrected chi connectivity index (χ4v) is 5.91. The molecule has 0 aliphatic carbocycles. The van der Waals surface area contributed by atoms with Crippen LogP contribution in [0.3, 0.4) is 0 Å². The van der Waals surface area contributed by atoms with E-state index in [1.54, 1.807) is 57.2 Å². The van der Waals surface area contributed by atoms with Gasteiger partial charge in [0.05, 0.1) is 23.6 Å². The van der Waals surface area contributed by atoms with E-state index < -0.39 is 28.4 Å². The van der Waals surface area contributed by atoms with Crippen molar-refractivity contribution < 1.29 is 22.7 Å². The number of anilines is 1. The smallest absolute Gasteiger partial charge is 0.338 e. The van der Waals surface area contributed by atoms with Crippen molar-refractivity contribution in [2.45, 2.75) is 39.1 Å². The molecule has 0 unspecified atom stereocenters. The topological polar surface area (TPSA) is 92.8 Å². The molecule has 0 bridgehead atoms. The summed E-state index contributed by atoms with van der Waals surface area (Å²) < 4.78 is 33.7. The predicted molar refractivity (Wildman–Crippen MR) is 141 cm³/mol. The molecule has 3 aromatic rings. The van der Waals surface area contributed by atoms with Crippen molar-refractivity contribution in [2.75, 3.05) is 18.5 Å². The van der Waals surface area contributed by atoms with Crippen LogP contribution in [0.5, 0.6) is 0 Å². The number of nitrogens with one attached hydrogen (secondary N) is 1. The molecule has 0 fully saturated rings. The fraction of sp³-hybridized carbons (Fsp3) is 0.259. The van der Waals surface area contributed by atoms with E-state index in [0.717, 1.165) is 9.87 Å². The first-order chi connectivity index (χ1) is 17.0. The Bertz CT molecular complexity index is 1330. The third kappa shape index (κ3) is 6.72. The zero-order chi connectivity index (χ0) is 26.5. The van der Waals surface area contributed by atoms with E-state index in [0.29, 0.717) is 33.0 Å². The highest BCUT2D eigenvalue weighted by Crippen LogP contribution is 2.27. The number of sulfonamides is 1. The van der Waals surface area contributed by atoms with E-state index >= 15 is 0 Å². The lowest BCUT2D eigenvalue weighted by molar-refractivity contribution is -0.116. The first-order valence-electron chi connectivity index (χ1n) is 11.4. The van der Waals surface area contributed by atoms with Crippen molar-refractivity contribution in [3.8, 4) is 0 Å². The number of carbonyl (C=O) groups excluding carboxylic acids is 2. The third-order valence-electron chi connectivity index (χ3n) is 5.47. The van der Waals surface area contributed by atoms with Gasteiger partial charge in [-0.3, -0.25) is 4.79 Å². The van der Waals surface area contributed by atoms with Crippen molar-refractivity contribution >= 4 is 39.2 Å². The number of rotatable bonds is 9. The molecule has 3 rings (SSSR count). The molecule has 3 aromatic carbocycles.